The Bertz CT molecular complexity index is 375. The van der Waals surface area contributed by atoms with Crippen LogP contribution in [0.2, 0.25) is 0 Å². The van der Waals surface area contributed by atoms with Crippen LogP contribution in [0.5, 0.6) is 0 Å². The highest BCUT2D eigenvalue weighted by Crippen LogP contribution is 2.14. The molecule has 0 aliphatic heterocycles. The second kappa shape index (κ2) is 17.3. The van der Waals surface area contributed by atoms with E-state index in [0.717, 1.165) is 24.1 Å². The van der Waals surface area contributed by atoms with Crippen molar-refractivity contribution in [1.29, 1.82) is 0 Å². The molecule has 0 unspecified atom stereocenters. The van der Waals surface area contributed by atoms with Gasteiger partial charge in [-0.3, -0.25) is 0 Å². The van der Waals surface area contributed by atoms with Gasteiger partial charge in [0.1, 0.15) is 13.2 Å². The average molecular weight is 383 g/mol. The van der Waals surface area contributed by atoms with Crippen LogP contribution in [0, 0.1) is 0 Å². The molecule has 0 spiro atoms. The number of unbranched alkanes of at least 4 members (excludes halogenated alkanes) is 11. The van der Waals surface area contributed by atoms with Crippen LogP contribution in [-0.2, 0) is 9.53 Å². The number of rotatable bonds is 19. The second-order valence-electron chi connectivity index (χ2n) is 8.23. The third-order valence-corrected chi connectivity index (χ3v) is 5.97. The number of hydrogen-bond donors (Lipinski definition) is 0. The van der Waals surface area contributed by atoms with Gasteiger partial charge in [-0.05, 0) is 33.6 Å². The normalized spacial score (nSPS) is 11.6. The van der Waals surface area contributed by atoms with Crippen LogP contribution in [0.4, 0.5) is 0 Å². The number of carbonyl (C=O) groups excluding carboxylic acids is 1. The Morgan fingerprint density at radius 3 is 1.59 bits per heavy atom. The van der Waals surface area contributed by atoms with Crippen LogP contribution in [0.15, 0.2) is 12.2 Å². The van der Waals surface area contributed by atoms with Crippen LogP contribution >= 0.6 is 0 Å². The lowest BCUT2D eigenvalue weighted by Crippen LogP contribution is -2.50. The molecule has 0 aliphatic rings. The van der Waals surface area contributed by atoms with Gasteiger partial charge in [0.2, 0.25) is 0 Å². The zero-order chi connectivity index (χ0) is 20.4. The average Bonchev–Trinajstić information content (AvgIpc) is 2.67. The van der Waals surface area contributed by atoms with Gasteiger partial charge in [0.05, 0.1) is 19.6 Å². The summed E-state index contributed by atoms with van der Waals surface area (Å²) in [6, 6.07) is 0. The molecule has 0 amide bonds. The first-order valence-corrected chi connectivity index (χ1v) is 11.7. The summed E-state index contributed by atoms with van der Waals surface area (Å²) in [5.41, 5.74) is 0.488. The van der Waals surface area contributed by atoms with E-state index in [1.54, 1.807) is 6.92 Å². The Morgan fingerprint density at radius 1 is 0.741 bits per heavy atom. The summed E-state index contributed by atoms with van der Waals surface area (Å²) in [4.78, 5) is 11.5. The molecule has 0 aromatic heterocycles. The smallest absolute Gasteiger partial charge is 0.333 e. The van der Waals surface area contributed by atoms with E-state index in [-0.39, 0.29) is 5.97 Å². The van der Waals surface area contributed by atoms with Gasteiger partial charge in [0, 0.05) is 5.57 Å². The molecule has 0 N–H and O–H groups in total. The lowest BCUT2D eigenvalue weighted by molar-refractivity contribution is -0.925. The topological polar surface area (TPSA) is 26.3 Å². The molecule has 160 valence electrons. The molecular formula is C24H48NO2+. The van der Waals surface area contributed by atoms with Gasteiger partial charge >= 0.3 is 5.97 Å². The number of ether oxygens (including phenoxy) is 1. The largest absolute Gasteiger partial charge is 0.456 e. The summed E-state index contributed by atoms with van der Waals surface area (Å²) in [6.07, 6.45) is 16.7. The van der Waals surface area contributed by atoms with E-state index in [1.807, 2.05) is 0 Å². The fraction of sp³-hybridized carbons (Fsp3) is 0.875. The number of carbonyl (C=O) groups is 1. The molecule has 0 bridgehead atoms. The van der Waals surface area contributed by atoms with Crippen molar-refractivity contribution in [3.8, 4) is 0 Å². The minimum atomic E-state index is -0.259. The van der Waals surface area contributed by atoms with E-state index < -0.39 is 0 Å². The lowest BCUT2D eigenvalue weighted by Gasteiger charge is -2.36. The van der Waals surface area contributed by atoms with Crippen LogP contribution < -0.4 is 0 Å². The Kier molecular flexibility index (Phi) is 16.7. The molecule has 0 radical (unpaired) electrons. The van der Waals surface area contributed by atoms with E-state index in [0.29, 0.717) is 12.2 Å². The van der Waals surface area contributed by atoms with E-state index >= 15 is 0 Å². The van der Waals surface area contributed by atoms with Crippen molar-refractivity contribution >= 4 is 5.97 Å². The highest BCUT2D eigenvalue weighted by molar-refractivity contribution is 5.86. The first kappa shape index (κ1) is 26.2. The summed E-state index contributed by atoms with van der Waals surface area (Å²) < 4.78 is 6.38. The predicted molar refractivity (Wildman–Crippen MR) is 118 cm³/mol. The van der Waals surface area contributed by atoms with Crippen molar-refractivity contribution < 1.29 is 14.0 Å². The number of quaternary nitrogens is 1. The molecule has 3 heteroatoms. The number of esters is 1. The fourth-order valence-electron chi connectivity index (χ4n) is 3.71. The Labute approximate surface area is 170 Å². The summed E-state index contributed by atoms with van der Waals surface area (Å²) in [6.45, 7) is 17.0. The van der Waals surface area contributed by atoms with E-state index in [2.05, 4.69) is 27.4 Å². The maximum atomic E-state index is 11.5. The molecule has 3 nitrogen and oxygen atoms in total. The van der Waals surface area contributed by atoms with Crippen molar-refractivity contribution in [2.45, 2.75) is 105 Å². The quantitative estimate of drug-likeness (QED) is 0.108. The predicted octanol–water partition coefficient (Wildman–Crippen LogP) is 6.66. The monoisotopic (exact) mass is 382 g/mol. The molecular weight excluding hydrogens is 334 g/mol. The van der Waals surface area contributed by atoms with Crippen LogP contribution in [0.1, 0.15) is 105 Å². The molecule has 0 rings (SSSR count). The van der Waals surface area contributed by atoms with E-state index in [1.165, 1.54) is 83.6 Å². The Morgan fingerprint density at radius 2 is 1.19 bits per heavy atom. The lowest BCUT2D eigenvalue weighted by atomic mass is 10.0. The standard InChI is InChI=1S/C24H48NO2/c1-6-9-10-11-12-13-14-15-16-17-18-19-20-25(7-2,8-3)21-22-27-24(26)23(4)5/h4,6-22H2,1-3,5H3/q+1. The zero-order valence-corrected chi connectivity index (χ0v) is 19.0. The van der Waals surface area contributed by atoms with Crippen molar-refractivity contribution in [3.05, 3.63) is 12.2 Å². The van der Waals surface area contributed by atoms with E-state index in [9.17, 15) is 4.79 Å². The van der Waals surface area contributed by atoms with Crippen molar-refractivity contribution in [2.75, 3.05) is 32.8 Å². The third kappa shape index (κ3) is 13.9. The minimum Gasteiger partial charge on any atom is -0.456 e. The molecule has 0 heterocycles. The van der Waals surface area contributed by atoms with Crippen molar-refractivity contribution in [3.63, 3.8) is 0 Å². The molecule has 0 saturated heterocycles. The van der Waals surface area contributed by atoms with Crippen LogP contribution in [-0.4, -0.2) is 43.2 Å². The molecule has 0 saturated carbocycles. The molecule has 0 aliphatic carbocycles. The second-order valence-corrected chi connectivity index (χ2v) is 8.23. The molecule has 27 heavy (non-hydrogen) atoms. The Hall–Kier alpha value is -0.830. The highest BCUT2D eigenvalue weighted by atomic mass is 16.5. The maximum absolute atomic E-state index is 11.5. The van der Waals surface area contributed by atoms with Gasteiger partial charge in [0.15, 0.2) is 0 Å². The Balaban J connectivity index is 3.74. The van der Waals surface area contributed by atoms with Crippen LogP contribution in [0.3, 0.4) is 0 Å². The van der Waals surface area contributed by atoms with Gasteiger partial charge in [-0.1, -0.05) is 77.7 Å². The maximum Gasteiger partial charge on any atom is 0.333 e. The molecule has 0 aromatic carbocycles. The van der Waals surface area contributed by atoms with Crippen molar-refractivity contribution in [2.24, 2.45) is 0 Å². The summed E-state index contributed by atoms with van der Waals surface area (Å²) in [5.74, 6) is -0.259. The fourth-order valence-corrected chi connectivity index (χ4v) is 3.71. The summed E-state index contributed by atoms with van der Waals surface area (Å²) in [7, 11) is 0. The van der Waals surface area contributed by atoms with Gasteiger partial charge in [-0.2, -0.15) is 0 Å². The minimum absolute atomic E-state index is 0.259. The molecule has 0 fully saturated rings. The van der Waals surface area contributed by atoms with Gasteiger partial charge in [0.25, 0.3) is 0 Å². The first-order chi connectivity index (χ1) is 13.0. The van der Waals surface area contributed by atoms with Crippen molar-refractivity contribution in [1.82, 2.24) is 0 Å². The summed E-state index contributed by atoms with van der Waals surface area (Å²) in [5, 5.41) is 0. The first-order valence-electron chi connectivity index (χ1n) is 11.7. The van der Waals surface area contributed by atoms with Gasteiger partial charge in [-0.15, -0.1) is 0 Å². The van der Waals surface area contributed by atoms with Gasteiger partial charge < -0.3 is 9.22 Å². The van der Waals surface area contributed by atoms with Gasteiger partial charge in [-0.25, -0.2) is 4.79 Å². The SMILES string of the molecule is C=C(C)C(=O)OCC[N+](CC)(CC)CCCCCCCCCCCCCC. The van der Waals surface area contributed by atoms with Crippen LogP contribution in [0.25, 0.3) is 0 Å². The summed E-state index contributed by atoms with van der Waals surface area (Å²) >= 11 is 0. The highest BCUT2D eigenvalue weighted by Gasteiger charge is 2.23. The number of nitrogens with zero attached hydrogens (tertiary/aromatic N) is 1. The zero-order valence-electron chi connectivity index (χ0n) is 19.0. The number of likely N-dealkylation sites (N-methyl/N-ethyl adjacent to an activating group) is 1. The third-order valence-electron chi connectivity index (χ3n) is 5.97. The van der Waals surface area contributed by atoms with E-state index in [4.69, 9.17) is 4.74 Å². The molecule has 0 aromatic rings. The molecule has 0 atom stereocenters. The number of hydrogen-bond acceptors (Lipinski definition) is 2.